The third-order valence-corrected chi connectivity index (χ3v) is 6.45. The molecule has 4 rings (SSSR count). The average Bonchev–Trinajstić information content (AvgIpc) is 2.80. The van der Waals surface area contributed by atoms with Crippen molar-refractivity contribution in [2.24, 2.45) is 0 Å². The second kappa shape index (κ2) is 7.77. The van der Waals surface area contributed by atoms with Gasteiger partial charge in [-0.25, -0.2) is 0 Å². The highest BCUT2D eigenvalue weighted by Gasteiger charge is 2.17. The summed E-state index contributed by atoms with van der Waals surface area (Å²) in [5, 5.41) is 0. The van der Waals surface area contributed by atoms with Crippen LogP contribution in [0.1, 0.15) is 23.1 Å². The van der Waals surface area contributed by atoms with E-state index in [-0.39, 0.29) is 0 Å². The van der Waals surface area contributed by atoms with Gasteiger partial charge in [-0.2, -0.15) is 0 Å². The van der Waals surface area contributed by atoms with E-state index < -0.39 is 0 Å². The summed E-state index contributed by atoms with van der Waals surface area (Å²) >= 11 is 1.94. The molecule has 1 fully saturated rings. The van der Waals surface area contributed by atoms with Gasteiger partial charge in [0, 0.05) is 42.5 Å². The maximum atomic E-state index is 2.60. The van der Waals surface area contributed by atoms with Crippen molar-refractivity contribution in [2.45, 2.75) is 17.7 Å². The number of thioether (sulfide) groups is 1. The van der Waals surface area contributed by atoms with Crippen LogP contribution in [0.3, 0.4) is 0 Å². The number of hydrogen-bond acceptors (Lipinski definition) is 3. The molecule has 0 aromatic heterocycles. The van der Waals surface area contributed by atoms with Gasteiger partial charge in [0.15, 0.2) is 0 Å². The van der Waals surface area contributed by atoms with Gasteiger partial charge >= 0.3 is 0 Å². The molecule has 0 bridgehead atoms. The lowest BCUT2D eigenvalue weighted by Crippen LogP contribution is -2.44. The molecule has 0 unspecified atom stereocenters. The minimum atomic E-state index is 1.04. The van der Waals surface area contributed by atoms with Crippen LogP contribution in [-0.2, 0) is 6.42 Å². The first kappa shape index (κ1) is 16.9. The molecule has 2 aromatic carbocycles. The minimum absolute atomic E-state index is 1.04. The number of fused-ring (bicyclic) bond motifs is 2. The number of benzene rings is 2. The number of likely N-dealkylation sites (N-methyl/N-ethyl adjacent to an activating group) is 1. The predicted molar refractivity (Wildman–Crippen MR) is 108 cm³/mol. The van der Waals surface area contributed by atoms with Crippen LogP contribution < -0.4 is 0 Å². The fourth-order valence-corrected chi connectivity index (χ4v) is 4.81. The van der Waals surface area contributed by atoms with Crippen LogP contribution in [0, 0.1) is 0 Å². The van der Waals surface area contributed by atoms with E-state index in [4.69, 9.17) is 0 Å². The zero-order valence-corrected chi connectivity index (χ0v) is 15.8. The highest BCUT2D eigenvalue weighted by molar-refractivity contribution is 8.08. The van der Waals surface area contributed by atoms with Gasteiger partial charge in [0.25, 0.3) is 0 Å². The number of piperazine rings is 1. The third-order valence-electron chi connectivity index (χ3n) is 5.23. The van der Waals surface area contributed by atoms with Crippen LogP contribution >= 0.6 is 11.8 Å². The molecule has 2 nitrogen and oxygen atoms in total. The van der Waals surface area contributed by atoms with Crippen molar-refractivity contribution in [1.82, 2.24) is 9.80 Å². The normalized spacial score (nSPS) is 20.1. The maximum Gasteiger partial charge on any atom is 0.0158 e. The molecule has 0 radical (unpaired) electrons. The van der Waals surface area contributed by atoms with Gasteiger partial charge in [0.1, 0.15) is 0 Å². The maximum absolute atomic E-state index is 2.60. The van der Waals surface area contributed by atoms with Gasteiger partial charge in [-0.15, -0.1) is 0 Å². The molecule has 130 valence electrons. The van der Waals surface area contributed by atoms with E-state index in [1.807, 2.05) is 11.8 Å². The van der Waals surface area contributed by atoms with Crippen LogP contribution in [-0.4, -0.2) is 49.6 Å². The first-order chi connectivity index (χ1) is 12.3. The van der Waals surface area contributed by atoms with E-state index in [2.05, 4.69) is 71.5 Å². The summed E-state index contributed by atoms with van der Waals surface area (Å²) in [4.78, 5) is 7.85. The van der Waals surface area contributed by atoms with Gasteiger partial charge in [-0.3, -0.25) is 0 Å². The van der Waals surface area contributed by atoms with Crippen LogP contribution in [0.2, 0.25) is 0 Å². The monoisotopic (exact) mass is 350 g/mol. The Labute approximate surface area is 155 Å². The summed E-state index contributed by atoms with van der Waals surface area (Å²) < 4.78 is 0. The van der Waals surface area contributed by atoms with E-state index in [9.17, 15) is 0 Å². The summed E-state index contributed by atoms with van der Waals surface area (Å²) in [6.07, 6.45) is 4.63. The summed E-state index contributed by atoms with van der Waals surface area (Å²) in [7, 11) is 2.22. The summed E-state index contributed by atoms with van der Waals surface area (Å²) in [6, 6.07) is 17.8. The standard InChI is InChI=1S/C22H26N2S/c1-23-13-15-24(16-14-23)12-6-11-22-20-9-4-2-7-18(20)17-19-8-3-5-10-21(19)25-22/h2-5,7-11H,6,12-17H2,1H3/b22-11+. The van der Waals surface area contributed by atoms with Gasteiger partial charge < -0.3 is 9.80 Å². The average molecular weight is 351 g/mol. The molecule has 0 atom stereocenters. The van der Waals surface area contributed by atoms with Crippen molar-refractivity contribution in [3.63, 3.8) is 0 Å². The first-order valence-corrected chi connectivity index (χ1v) is 10.1. The molecule has 1 saturated heterocycles. The number of hydrogen-bond donors (Lipinski definition) is 0. The fourth-order valence-electron chi connectivity index (χ4n) is 3.64. The zero-order valence-electron chi connectivity index (χ0n) is 14.9. The topological polar surface area (TPSA) is 6.48 Å². The summed E-state index contributed by atoms with van der Waals surface area (Å²) in [5.41, 5.74) is 4.32. The number of nitrogens with zero attached hydrogens (tertiary/aromatic N) is 2. The van der Waals surface area contributed by atoms with E-state index >= 15 is 0 Å². The van der Waals surface area contributed by atoms with Gasteiger partial charge in [-0.05, 0) is 42.6 Å². The highest BCUT2D eigenvalue weighted by atomic mass is 32.2. The van der Waals surface area contributed by atoms with Crippen LogP contribution in [0.15, 0.2) is 59.5 Å². The smallest absolute Gasteiger partial charge is 0.0158 e. The first-order valence-electron chi connectivity index (χ1n) is 9.25. The van der Waals surface area contributed by atoms with Crippen molar-refractivity contribution in [2.75, 3.05) is 39.8 Å². The molecule has 2 aliphatic rings. The molecule has 0 amide bonds. The Bertz CT molecular complexity index is 760. The molecule has 2 aliphatic heterocycles. The van der Waals surface area contributed by atoms with E-state index in [0.717, 1.165) is 12.8 Å². The van der Waals surface area contributed by atoms with E-state index in [1.54, 1.807) is 0 Å². The summed E-state index contributed by atoms with van der Waals surface area (Å²) in [5.74, 6) is 0. The Morgan fingerprint density at radius 1 is 0.920 bits per heavy atom. The zero-order chi connectivity index (χ0) is 17.1. The van der Waals surface area contributed by atoms with Crippen molar-refractivity contribution in [3.05, 3.63) is 71.3 Å². The Morgan fingerprint density at radius 3 is 2.48 bits per heavy atom. The Balaban J connectivity index is 1.53. The molecular weight excluding hydrogens is 324 g/mol. The van der Waals surface area contributed by atoms with Gasteiger partial charge in [0.05, 0.1) is 0 Å². The molecule has 0 N–H and O–H groups in total. The molecule has 3 heteroatoms. The molecule has 0 saturated carbocycles. The van der Waals surface area contributed by atoms with Gasteiger partial charge in [0.2, 0.25) is 0 Å². The Kier molecular flexibility index (Phi) is 5.25. The van der Waals surface area contributed by atoms with Gasteiger partial charge in [-0.1, -0.05) is 60.3 Å². The molecule has 25 heavy (non-hydrogen) atoms. The van der Waals surface area contributed by atoms with Crippen molar-refractivity contribution in [1.29, 1.82) is 0 Å². The van der Waals surface area contributed by atoms with Crippen molar-refractivity contribution in [3.8, 4) is 0 Å². The van der Waals surface area contributed by atoms with Crippen molar-refractivity contribution < 1.29 is 0 Å². The lowest BCUT2D eigenvalue weighted by molar-refractivity contribution is 0.156. The SMILES string of the molecule is CN1CCN(CC/C=C2/Sc3ccccc3Cc3ccccc32)CC1. The molecule has 0 spiro atoms. The van der Waals surface area contributed by atoms with Crippen LogP contribution in [0.5, 0.6) is 0 Å². The molecule has 0 aliphatic carbocycles. The third kappa shape index (κ3) is 4.00. The lowest BCUT2D eigenvalue weighted by atomic mass is 9.99. The largest absolute Gasteiger partial charge is 0.304 e. The Hall–Kier alpha value is -1.55. The van der Waals surface area contributed by atoms with E-state index in [1.165, 1.54) is 59.2 Å². The predicted octanol–water partition coefficient (Wildman–Crippen LogP) is 4.36. The van der Waals surface area contributed by atoms with E-state index in [0.29, 0.717) is 0 Å². The second-order valence-corrected chi connectivity index (χ2v) is 8.13. The van der Waals surface area contributed by atoms with Crippen molar-refractivity contribution >= 4 is 16.7 Å². The summed E-state index contributed by atoms with van der Waals surface area (Å²) in [6.45, 7) is 5.96. The van der Waals surface area contributed by atoms with Crippen LogP contribution in [0.25, 0.3) is 4.91 Å². The highest BCUT2D eigenvalue weighted by Crippen LogP contribution is 2.42. The Morgan fingerprint density at radius 2 is 1.64 bits per heavy atom. The van der Waals surface area contributed by atoms with Crippen LogP contribution in [0.4, 0.5) is 0 Å². The fraction of sp³-hybridized carbons (Fsp3) is 0.364. The lowest BCUT2D eigenvalue weighted by Gasteiger charge is -2.32. The number of rotatable bonds is 3. The quantitative estimate of drug-likeness (QED) is 0.812. The second-order valence-electron chi connectivity index (χ2n) is 7.05. The molecule has 2 heterocycles. The minimum Gasteiger partial charge on any atom is -0.304 e. The molecule has 2 aromatic rings. The molecular formula is C22H26N2S.